The minimum atomic E-state index is -4.69. The van der Waals surface area contributed by atoms with Gasteiger partial charge in [-0.3, -0.25) is 4.79 Å². The fourth-order valence-corrected chi connectivity index (χ4v) is 4.36. The van der Waals surface area contributed by atoms with Gasteiger partial charge in [-0.1, -0.05) is 0 Å². The number of nitrogens with zero attached hydrogens (tertiary/aromatic N) is 5. The van der Waals surface area contributed by atoms with Gasteiger partial charge in [-0.05, 0) is 30.1 Å². The van der Waals surface area contributed by atoms with Crippen molar-refractivity contribution in [3.63, 3.8) is 0 Å². The Morgan fingerprint density at radius 3 is 2.44 bits per heavy atom. The van der Waals surface area contributed by atoms with Crippen molar-refractivity contribution in [2.75, 3.05) is 30.8 Å². The Bertz CT molecular complexity index is 1080. The number of hydrogen-bond acceptors (Lipinski definition) is 9. The Morgan fingerprint density at radius 2 is 1.88 bits per heavy atom. The van der Waals surface area contributed by atoms with Gasteiger partial charge in [-0.25, -0.2) is 13.4 Å². The summed E-state index contributed by atoms with van der Waals surface area (Å²) in [5, 5.41) is 3.32. The molecule has 0 N–H and O–H groups in total. The van der Waals surface area contributed by atoms with Crippen LogP contribution in [-0.2, 0) is 20.8 Å². The molecular weight excluding hydrogens is 455 g/mol. The van der Waals surface area contributed by atoms with E-state index in [1.54, 1.807) is 9.80 Å². The zero-order valence-corrected chi connectivity index (χ0v) is 17.8. The highest BCUT2D eigenvalue weighted by Crippen LogP contribution is 2.30. The summed E-state index contributed by atoms with van der Waals surface area (Å²) in [7, 11) is -3.43. The van der Waals surface area contributed by atoms with Crippen molar-refractivity contribution in [3.8, 4) is 5.75 Å². The topological polar surface area (TPSA) is 119 Å². The van der Waals surface area contributed by atoms with Crippen molar-refractivity contribution in [1.29, 1.82) is 0 Å². The van der Waals surface area contributed by atoms with E-state index in [0.29, 0.717) is 44.6 Å². The number of ether oxygens (including phenoxy) is 1. The Labute approximate surface area is 181 Å². The van der Waals surface area contributed by atoms with Gasteiger partial charge in [0.1, 0.15) is 5.75 Å². The maximum absolute atomic E-state index is 12.8. The van der Waals surface area contributed by atoms with Crippen molar-refractivity contribution in [1.82, 2.24) is 20.0 Å². The van der Waals surface area contributed by atoms with Crippen LogP contribution >= 0.6 is 0 Å². The molecule has 2 saturated heterocycles. The van der Waals surface area contributed by atoms with E-state index in [0.717, 1.165) is 6.26 Å². The lowest BCUT2D eigenvalue weighted by Gasteiger charge is -2.36. The number of sulfone groups is 1. The lowest BCUT2D eigenvalue weighted by Crippen LogP contribution is -2.47. The Balaban J connectivity index is 1.32. The number of pyridine rings is 1. The third kappa shape index (κ3) is 4.64. The first-order chi connectivity index (χ1) is 15.0. The van der Waals surface area contributed by atoms with E-state index in [1.165, 1.54) is 18.3 Å². The number of alkyl halides is 3. The molecule has 2 aliphatic heterocycles. The minimum absolute atomic E-state index is 0.0768. The van der Waals surface area contributed by atoms with Crippen LogP contribution in [-0.4, -0.2) is 72.4 Å². The smallest absolute Gasteiger partial charge is 0.471 e. The molecule has 174 valence electrons. The molecule has 10 nitrogen and oxygen atoms in total. The summed E-state index contributed by atoms with van der Waals surface area (Å²) in [5.41, 5.74) is 0. The van der Waals surface area contributed by atoms with Crippen LogP contribution in [0.3, 0.4) is 0 Å². The van der Waals surface area contributed by atoms with E-state index in [1.807, 2.05) is 0 Å². The number of aromatic nitrogens is 3. The lowest BCUT2D eigenvalue weighted by molar-refractivity contribution is -0.159. The molecule has 0 bridgehead atoms. The van der Waals surface area contributed by atoms with Crippen molar-refractivity contribution in [2.45, 2.75) is 42.6 Å². The molecule has 2 aliphatic rings. The van der Waals surface area contributed by atoms with Crippen LogP contribution in [0.1, 0.15) is 25.2 Å². The predicted molar refractivity (Wildman–Crippen MR) is 103 cm³/mol. The van der Waals surface area contributed by atoms with Gasteiger partial charge in [0.15, 0.2) is 21.0 Å². The van der Waals surface area contributed by atoms with Crippen molar-refractivity contribution >= 4 is 21.7 Å². The van der Waals surface area contributed by atoms with Crippen LogP contribution in [0.25, 0.3) is 0 Å². The molecule has 1 amide bonds. The molecule has 0 saturated carbocycles. The second-order valence-electron chi connectivity index (χ2n) is 7.65. The van der Waals surface area contributed by atoms with E-state index >= 15 is 0 Å². The molecule has 4 heterocycles. The van der Waals surface area contributed by atoms with E-state index in [9.17, 15) is 26.4 Å². The Kier molecular flexibility index (Phi) is 5.73. The van der Waals surface area contributed by atoms with E-state index in [4.69, 9.17) is 4.74 Å². The summed E-state index contributed by atoms with van der Waals surface area (Å²) in [6.45, 7) is 1.25. The number of amides is 1. The molecule has 2 fully saturated rings. The number of likely N-dealkylation sites (tertiary alicyclic amines) is 1. The van der Waals surface area contributed by atoms with Crippen molar-refractivity contribution < 1.29 is 35.6 Å². The van der Waals surface area contributed by atoms with Crippen LogP contribution in [0.15, 0.2) is 27.9 Å². The van der Waals surface area contributed by atoms with Crippen LogP contribution in [0.2, 0.25) is 0 Å². The van der Waals surface area contributed by atoms with Crippen molar-refractivity contribution in [2.24, 2.45) is 0 Å². The van der Waals surface area contributed by atoms with Crippen LogP contribution in [0.4, 0.5) is 19.1 Å². The standard InChI is InChI=1S/C18H20F3N5O5S/c1-32(28,29)14-3-2-12(10-22-14)30-13-6-9-26(15(13)27)11-4-7-25(8-5-11)17-23-16(31-24-17)18(19,20)21/h2-3,10-11,13H,4-9H2,1H3/t13-/m0/s1. The number of piperidine rings is 1. The summed E-state index contributed by atoms with van der Waals surface area (Å²) >= 11 is 0. The van der Waals surface area contributed by atoms with Gasteiger partial charge in [0.25, 0.3) is 11.9 Å². The van der Waals surface area contributed by atoms with Gasteiger partial charge < -0.3 is 19.1 Å². The maximum atomic E-state index is 12.8. The van der Waals surface area contributed by atoms with E-state index in [2.05, 4.69) is 19.6 Å². The molecule has 32 heavy (non-hydrogen) atoms. The first kappa shape index (κ1) is 22.3. The van der Waals surface area contributed by atoms with Gasteiger partial charge in [0.2, 0.25) is 0 Å². The molecule has 4 rings (SSSR count). The maximum Gasteiger partial charge on any atom is 0.471 e. The van der Waals surface area contributed by atoms with Gasteiger partial charge in [0, 0.05) is 38.4 Å². The lowest BCUT2D eigenvalue weighted by atomic mass is 10.0. The van der Waals surface area contributed by atoms with Crippen LogP contribution in [0, 0.1) is 0 Å². The average Bonchev–Trinajstić information content (AvgIpc) is 3.36. The summed E-state index contributed by atoms with van der Waals surface area (Å²) in [4.78, 5) is 23.4. The molecule has 14 heteroatoms. The Morgan fingerprint density at radius 1 is 1.16 bits per heavy atom. The molecular formula is C18H20F3N5O5S. The van der Waals surface area contributed by atoms with Crippen molar-refractivity contribution in [3.05, 3.63) is 24.2 Å². The second kappa shape index (κ2) is 8.22. The first-order valence-electron chi connectivity index (χ1n) is 9.81. The van der Waals surface area contributed by atoms with E-state index < -0.39 is 28.0 Å². The zero-order chi connectivity index (χ0) is 23.1. The number of halogens is 3. The molecule has 1 atom stereocenters. The third-order valence-electron chi connectivity index (χ3n) is 5.40. The highest BCUT2D eigenvalue weighted by atomic mass is 32.2. The Hall–Kier alpha value is -2.90. The first-order valence-corrected chi connectivity index (χ1v) is 11.7. The van der Waals surface area contributed by atoms with E-state index in [-0.39, 0.29) is 22.9 Å². The minimum Gasteiger partial charge on any atom is -0.479 e. The molecule has 2 aromatic heterocycles. The monoisotopic (exact) mass is 475 g/mol. The second-order valence-corrected chi connectivity index (χ2v) is 9.61. The van der Waals surface area contributed by atoms with Gasteiger partial charge in [-0.15, -0.1) is 0 Å². The average molecular weight is 475 g/mol. The quantitative estimate of drug-likeness (QED) is 0.634. The summed E-state index contributed by atoms with van der Waals surface area (Å²) in [6.07, 6.45) is -1.53. The summed E-state index contributed by atoms with van der Waals surface area (Å²) in [6, 6.07) is 2.70. The number of rotatable bonds is 5. The predicted octanol–water partition coefficient (Wildman–Crippen LogP) is 1.54. The fourth-order valence-electron chi connectivity index (χ4n) is 3.80. The third-order valence-corrected chi connectivity index (χ3v) is 6.41. The largest absolute Gasteiger partial charge is 0.479 e. The molecule has 0 aromatic carbocycles. The molecule has 0 aliphatic carbocycles. The number of hydrogen-bond donors (Lipinski definition) is 0. The fraction of sp³-hybridized carbons (Fsp3) is 0.556. The molecule has 0 spiro atoms. The van der Waals surface area contributed by atoms with Gasteiger partial charge in [0.05, 0.1) is 6.20 Å². The SMILES string of the molecule is CS(=O)(=O)c1ccc(O[C@H]2CCN(C3CCN(c4noc(C(F)(F)F)n4)CC3)C2=O)cn1. The number of carbonyl (C=O) groups is 1. The molecule has 2 aromatic rings. The van der Waals surface area contributed by atoms with Gasteiger partial charge >= 0.3 is 12.1 Å². The normalized spacial score (nSPS) is 20.8. The zero-order valence-electron chi connectivity index (χ0n) is 16.9. The molecule has 0 radical (unpaired) electrons. The highest BCUT2D eigenvalue weighted by molar-refractivity contribution is 7.90. The summed E-state index contributed by atoms with van der Waals surface area (Å²) in [5.74, 6) is -1.39. The van der Waals surface area contributed by atoms with Gasteiger partial charge in [-0.2, -0.15) is 18.2 Å². The number of carbonyl (C=O) groups excluding carboxylic acids is 1. The molecule has 0 unspecified atom stereocenters. The van der Waals surface area contributed by atoms with Crippen LogP contribution < -0.4 is 9.64 Å². The highest BCUT2D eigenvalue weighted by Gasteiger charge is 2.41. The van der Waals surface area contributed by atoms with Crippen LogP contribution in [0.5, 0.6) is 5.75 Å². The summed E-state index contributed by atoms with van der Waals surface area (Å²) < 4.78 is 70.9. The number of anilines is 1.